The van der Waals surface area contributed by atoms with Crippen molar-refractivity contribution in [2.45, 2.75) is 180 Å². The van der Waals surface area contributed by atoms with E-state index in [1.54, 1.807) is 13.8 Å². The van der Waals surface area contributed by atoms with E-state index < -0.39 is 114 Å². The lowest BCUT2D eigenvalue weighted by Gasteiger charge is -2.30. The maximum Gasteiger partial charge on any atom is 0.327 e. The molecule has 24 heteroatoms. The summed E-state index contributed by atoms with van der Waals surface area (Å²) in [7, 11) is 0. The zero-order valence-corrected chi connectivity index (χ0v) is 46.1. The lowest BCUT2D eigenvalue weighted by Crippen LogP contribution is -2.61. The molecule has 0 aromatic carbocycles. The number of thioether (sulfide) groups is 1. The highest BCUT2D eigenvalue weighted by atomic mass is 32.2. The van der Waals surface area contributed by atoms with Gasteiger partial charge in [-0.05, 0) is 107 Å². The minimum atomic E-state index is -1.30. The average Bonchev–Trinajstić information content (AvgIpc) is 3.32. The summed E-state index contributed by atoms with van der Waals surface area (Å²) in [5.41, 5.74) is 17.4. The number of hydrogen-bond acceptors (Lipinski definition) is 15. The predicted octanol–water partition coefficient (Wildman–Crippen LogP) is 0.332. The Kier molecular flexibility index (Phi) is 35.0. The Morgan fingerprint density at radius 1 is 0.479 bits per heavy atom. The van der Waals surface area contributed by atoms with Crippen LogP contribution in [0.4, 0.5) is 0 Å². The highest BCUT2D eigenvalue weighted by molar-refractivity contribution is 7.98. The van der Waals surface area contributed by atoms with Crippen LogP contribution in [0.2, 0.25) is 0 Å². The lowest BCUT2D eigenvalue weighted by atomic mass is 9.96. The highest BCUT2D eigenvalue weighted by Crippen LogP contribution is 2.15. The van der Waals surface area contributed by atoms with Crippen molar-refractivity contribution < 1.29 is 48.3 Å². The molecule has 0 saturated heterocycles. The molecule has 0 aliphatic heterocycles. The van der Waals surface area contributed by atoms with Gasteiger partial charge in [0.05, 0.1) is 6.04 Å². The molecule has 21 nitrogen and oxygen atoms in total. The van der Waals surface area contributed by atoms with Crippen LogP contribution < -0.4 is 59.7 Å². The Bertz CT molecular complexity index is 1680. The van der Waals surface area contributed by atoms with Crippen molar-refractivity contribution in [3.8, 4) is 0 Å². The molecular weight excluding hydrogens is 975 g/mol. The maximum absolute atomic E-state index is 14.3. The summed E-state index contributed by atoms with van der Waals surface area (Å²) in [6, 6.07) is -10.2. The van der Waals surface area contributed by atoms with Crippen molar-refractivity contribution in [1.29, 1.82) is 0 Å². The van der Waals surface area contributed by atoms with Crippen LogP contribution in [-0.2, 0) is 43.2 Å². The molecule has 0 aliphatic carbocycles. The Hall–Kier alpha value is -3.84. The van der Waals surface area contributed by atoms with Crippen LogP contribution in [-0.4, -0.2) is 149 Å². The largest absolute Gasteiger partial charge is 0.480 e. The monoisotopic (exact) mass is 1060 g/mol. The van der Waals surface area contributed by atoms with Crippen LogP contribution in [0.15, 0.2) is 0 Å². The van der Waals surface area contributed by atoms with E-state index in [1.165, 1.54) is 11.8 Å². The van der Waals surface area contributed by atoms with E-state index in [4.69, 9.17) is 17.2 Å². The van der Waals surface area contributed by atoms with E-state index in [0.29, 0.717) is 57.4 Å². The average molecular weight is 1060 g/mol. The van der Waals surface area contributed by atoms with E-state index in [1.807, 2.05) is 47.8 Å². The summed E-state index contributed by atoms with van der Waals surface area (Å²) < 4.78 is 0. The zero-order chi connectivity index (χ0) is 54.4. The number of thiol groups is 2. The second-order valence-corrected chi connectivity index (χ2v) is 20.7. The molecule has 0 spiro atoms. The molecule has 0 saturated carbocycles. The molecule has 0 heterocycles. The molecule has 0 aromatic rings. The van der Waals surface area contributed by atoms with Gasteiger partial charge in [0.15, 0.2) is 0 Å². The first kappa shape index (κ1) is 67.2. The van der Waals surface area contributed by atoms with Gasteiger partial charge in [0.1, 0.15) is 48.3 Å². The summed E-state index contributed by atoms with van der Waals surface area (Å²) >= 11 is 9.53. The molecular formula is C47H89N11O10S3. The molecule has 0 unspecified atom stereocenters. The third kappa shape index (κ3) is 26.1. The number of carbonyl (C=O) groups excluding carboxylic acids is 8. The van der Waals surface area contributed by atoms with Crippen molar-refractivity contribution in [3.05, 3.63) is 0 Å². The maximum atomic E-state index is 14.3. The molecule has 0 aliphatic rings. The molecule has 0 rings (SSSR count). The minimum Gasteiger partial charge on any atom is -0.480 e. The van der Waals surface area contributed by atoms with Gasteiger partial charge in [-0.1, -0.05) is 68.2 Å². The number of nitrogens with one attached hydrogen (secondary N) is 8. The van der Waals surface area contributed by atoms with Crippen molar-refractivity contribution in [3.63, 3.8) is 0 Å². The van der Waals surface area contributed by atoms with E-state index in [-0.39, 0.29) is 61.4 Å². The topological polar surface area (TPSA) is 348 Å². The van der Waals surface area contributed by atoms with Gasteiger partial charge >= 0.3 is 5.97 Å². The van der Waals surface area contributed by atoms with Crippen LogP contribution in [0.5, 0.6) is 0 Å². The number of aliphatic carboxylic acids is 1. The van der Waals surface area contributed by atoms with Gasteiger partial charge in [0, 0.05) is 11.5 Å². The van der Waals surface area contributed by atoms with E-state index >= 15 is 0 Å². The first-order chi connectivity index (χ1) is 33.5. The van der Waals surface area contributed by atoms with Crippen LogP contribution in [0, 0.1) is 23.7 Å². The van der Waals surface area contributed by atoms with E-state index in [2.05, 4.69) is 67.8 Å². The smallest absolute Gasteiger partial charge is 0.327 e. The van der Waals surface area contributed by atoms with Gasteiger partial charge in [-0.3, -0.25) is 38.4 Å². The predicted molar refractivity (Wildman–Crippen MR) is 285 cm³/mol. The number of rotatable bonds is 38. The van der Waals surface area contributed by atoms with Crippen LogP contribution in [0.1, 0.15) is 126 Å². The van der Waals surface area contributed by atoms with Crippen LogP contribution >= 0.6 is 37.0 Å². The molecule has 11 atom stereocenters. The van der Waals surface area contributed by atoms with Crippen molar-refractivity contribution >= 4 is 90.2 Å². The molecule has 71 heavy (non-hydrogen) atoms. The molecule has 8 amide bonds. The summed E-state index contributed by atoms with van der Waals surface area (Å²) in [6.45, 7) is 15.2. The minimum absolute atomic E-state index is 0.0529. The van der Waals surface area contributed by atoms with Gasteiger partial charge in [-0.15, -0.1) is 0 Å². The number of hydrogen-bond donors (Lipinski definition) is 14. The van der Waals surface area contributed by atoms with E-state index in [0.717, 1.165) is 0 Å². The number of nitrogens with two attached hydrogens (primary N) is 3. The highest BCUT2D eigenvalue weighted by Gasteiger charge is 2.36. The Balaban J connectivity index is 6.76. The number of carbonyl (C=O) groups is 9. The number of amides is 8. The van der Waals surface area contributed by atoms with Gasteiger partial charge < -0.3 is 64.8 Å². The Labute approximate surface area is 437 Å². The van der Waals surface area contributed by atoms with Gasteiger partial charge in [0.2, 0.25) is 47.3 Å². The van der Waals surface area contributed by atoms with Crippen LogP contribution in [0.3, 0.4) is 0 Å². The summed E-state index contributed by atoms with van der Waals surface area (Å²) in [4.78, 5) is 122. The third-order valence-electron chi connectivity index (χ3n) is 12.0. The fraction of sp³-hybridized carbons (Fsp3) is 0.809. The van der Waals surface area contributed by atoms with Crippen molar-refractivity contribution in [2.24, 2.45) is 40.9 Å². The van der Waals surface area contributed by atoms with Crippen molar-refractivity contribution in [2.75, 3.05) is 36.6 Å². The number of carboxylic acid groups (broad SMARTS) is 1. The summed E-state index contributed by atoms with van der Waals surface area (Å²) in [5, 5.41) is 31.3. The van der Waals surface area contributed by atoms with Gasteiger partial charge in [-0.2, -0.15) is 37.0 Å². The standard InChI is InChI=1S/C47H89N11O10S3/c1-10-28(7)37(57-39(59)30(50)24-69)45(65)55-34(22-26(3)4)43(63)52-31(16-12-14-19-48)40(60)53-33(18-21-71-9)42(62)51-32(17-13-15-20-49)41(61)54-35(23-27(5)6)44(64)58-38(29(8)11-2)46(66)56-36(25-70)47(67)68/h26-38,69-70H,10-25,48-50H2,1-9H3,(H,51,62)(H,52,63)(H,53,60)(H,54,61)(H,55,65)(H,56,66)(H,57,59)(H,58,64)(H,67,68)/t28-,29-,30-,31-,32-,33-,34-,35-,36-,37-,38-/m0/s1. The van der Waals surface area contributed by atoms with Gasteiger partial charge in [0.25, 0.3) is 0 Å². The molecule has 0 bridgehead atoms. The normalized spacial score (nSPS) is 16.1. The van der Waals surface area contributed by atoms with Crippen molar-refractivity contribution in [1.82, 2.24) is 42.5 Å². The Morgan fingerprint density at radius 2 is 0.817 bits per heavy atom. The lowest BCUT2D eigenvalue weighted by molar-refractivity contribution is -0.142. The molecule has 0 fully saturated rings. The fourth-order valence-corrected chi connectivity index (χ4v) is 8.12. The second kappa shape index (κ2) is 37.0. The summed E-state index contributed by atoms with van der Waals surface area (Å²) in [5.74, 6) is -7.25. The SMILES string of the molecule is CC[C@H](C)[C@H](NC(=O)[C@H](CC(C)C)NC(=O)[C@H](CCCCN)NC(=O)[C@H](CCSC)NC(=O)[C@H](CCCCN)NC(=O)[C@H](CC(C)C)NC(=O)[C@@H](NC(=O)[C@@H](N)CS)[C@@H](C)CC)C(=O)N[C@@H](CS)C(=O)O. The van der Waals surface area contributed by atoms with Crippen LogP contribution in [0.25, 0.3) is 0 Å². The molecule has 0 radical (unpaired) electrons. The molecule has 0 aromatic heterocycles. The number of unbranched alkanes of at least 4 members (excludes halogenated alkanes) is 2. The molecule has 15 N–H and O–H groups in total. The summed E-state index contributed by atoms with van der Waals surface area (Å²) in [6.07, 6.45) is 5.42. The second-order valence-electron chi connectivity index (χ2n) is 19.0. The first-order valence-corrected chi connectivity index (χ1v) is 27.6. The third-order valence-corrected chi connectivity index (χ3v) is 13.4. The van der Waals surface area contributed by atoms with Gasteiger partial charge in [-0.25, -0.2) is 4.79 Å². The zero-order valence-electron chi connectivity index (χ0n) is 43.5. The number of carboxylic acids is 1. The fourth-order valence-electron chi connectivity index (χ4n) is 7.23. The first-order valence-electron chi connectivity index (χ1n) is 25.0. The van der Waals surface area contributed by atoms with E-state index in [9.17, 15) is 48.3 Å². The molecule has 410 valence electrons. The quantitative estimate of drug-likeness (QED) is 0.0293. The Morgan fingerprint density at radius 3 is 1.15 bits per heavy atom.